The second-order valence-corrected chi connectivity index (χ2v) is 4.68. The maximum absolute atomic E-state index is 12.1. The van der Waals surface area contributed by atoms with E-state index in [4.69, 9.17) is 5.11 Å². The van der Waals surface area contributed by atoms with E-state index >= 15 is 0 Å². The van der Waals surface area contributed by atoms with Crippen LogP contribution in [0.3, 0.4) is 0 Å². The number of benzene rings is 1. The molecular weight excluding hydrogens is 280 g/mol. The molecule has 2 aromatic rings. The van der Waals surface area contributed by atoms with Crippen LogP contribution >= 0.6 is 0 Å². The van der Waals surface area contributed by atoms with Gasteiger partial charge in [0.05, 0.1) is 16.5 Å². The summed E-state index contributed by atoms with van der Waals surface area (Å²) < 4.78 is 0. The summed E-state index contributed by atoms with van der Waals surface area (Å²) in [4.78, 5) is 30.2. The van der Waals surface area contributed by atoms with Crippen LogP contribution in [-0.4, -0.2) is 21.0 Å². The first kappa shape index (κ1) is 15.4. The van der Waals surface area contributed by atoms with E-state index in [9.17, 15) is 9.59 Å². The van der Waals surface area contributed by atoms with Crippen molar-refractivity contribution in [2.24, 2.45) is 0 Å². The Kier molecular flexibility index (Phi) is 4.68. The summed E-state index contributed by atoms with van der Waals surface area (Å²) in [5.41, 5.74) is 1.17. The first-order chi connectivity index (χ1) is 10.5. The number of H-pyrrole nitrogens is 1. The van der Waals surface area contributed by atoms with Crippen LogP contribution in [0.2, 0.25) is 0 Å². The van der Waals surface area contributed by atoms with E-state index in [1.165, 1.54) is 18.2 Å². The molecule has 0 atom stereocenters. The zero-order valence-electron chi connectivity index (χ0n) is 12.2. The summed E-state index contributed by atoms with van der Waals surface area (Å²) in [5, 5.41) is 9.39. The van der Waals surface area contributed by atoms with Crippen LogP contribution < -0.4 is 5.56 Å². The predicted octanol–water partition coefficient (Wildman–Crippen LogP) is 2.85. The molecule has 1 heterocycles. The molecule has 0 aliphatic heterocycles. The lowest BCUT2D eigenvalue weighted by atomic mass is 10.1. The minimum absolute atomic E-state index is 0.106. The average Bonchev–Trinajstić information content (AvgIpc) is 2.50. The summed E-state index contributed by atoms with van der Waals surface area (Å²) in [6.45, 7) is 5.51. The molecule has 2 N–H and O–H groups in total. The first-order valence-corrected chi connectivity index (χ1v) is 6.75. The van der Waals surface area contributed by atoms with Gasteiger partial charge in [-0.15, -0.1) is 0 Å². The molecule has 22 heavy (non-hydrogen) atoms. The van der Waals surface area contributed by atoms with Gasteiger partial charge in [0.1, 0.15) is 5.82 Å². The van der Waals surface area contributed by atoms with Crippen molar-refractivity contribution in [3.05, 3.63) is 76.4 Å². The lowest BCUT2D eigenvalue weighted by Gasteiger charge is -2.04. The van der Waals surface area contributed by atoms with Crippen molar-refractivity contribution in [3.8, 4) is 0 Å². The highest BCUT2D eigenvalue weighted by Crippen LogP contribution is 2.12. The van der Waals surface area contributed by atoms with Gasteiger partial charge in [0.15, 0.2) is 0 Å². The fourth-order valence-electron chi connectivity index (χ4n) is 2.05. The summed E-state index contributed by atoms with van der Waals surface area (Å²) in [7, 11) is 0. The average molecular weight is 296 g/mol. The van der Waals surface area contributed by atoms with Gasteiger partial charge in [0.25, 0.3) is 5.56 Å². The maximum Gasteiger partial charge on any atom is 0.335 e. The van der Waals surface area contributed by atoms with Crippen molar-refractivity contribution in [1.82, 2.24) is 9.97 Å². The van der Waals surface area contributed by atoms with Crippen molar-refractivity contribution < 1.29 is 9.90 Å². The molecule has 0 spiro atoms. The Morgan fingerprint density at radius 2 is 2.23 bits per heavy atom. The van der Waals surface area contributed by atoms with Crippen LogP contribution in [0.25, 0.3) is 10.9 Å². The Hall–Kier alpha value is -2.95. The highest BCUT2D eigenvalue weighted by Gasteiger charge is 2.09. The van der Waals surface area contributed by atoms with E-state index in [-0.39, 0.29) is 11.1 Å². The first-order valence-electron chi connectivity index (χ1n) is 6.75. The topological polar surface area (TPSA) is 83.0 Å². The Morgan fingerprint density at radius 3 is 2.86 bits per heavy atom. The quantitative estimate of drug-likeness (QED) is 0.831. The number of nitrogens with zero attached hydrogens (tertiary/aromatic N) is 1. The van der Waals surface area contributed by atoms with E-state index in [1.54, 1.807) is 12.2 Å². The van der Waals surface area contributed by atoms with Gasteiger partial charge in [-0.3, -0.25) is 4.79 Å². The smallest absolute Gasteiger partial charge is 0.335 e. The standard InChI is InChI=1S/C17H16N2O3/c1-3-5-6-11(4-2)9-15-18-14-10-12(17(21)22)7-8-13(14)16(20)19-15/h3-8,10H,1,9H2,2H3,(H,21,22)(H,18,19,20)/b6-5-,11-4+. The SMILES string of the molecule is C=C/C=C\C(=C/C)Cc1nc2cc(C(=O)O)ccc2c(=O)[nH]1. The number of aromatic nitrogens is 2. The third-order valence-corrected chi connectivity index (χ3v) is 3.19. The molecule has 0 radical (unpaired) electrons. The van der Waals surface area contributed by atoms with Crippen LogP contribution in [0.5, 0.6) is 0 Å². The van der Waals surface area contributed by atoms with E-state index in [0.29, 0.717) is 23.1 Å². The van der Waals surface area contributed by atoms with Gasteiger partial charge in [-0.1, -0.05) is 30.9 Å². The zero-order valence-corrected chi connectivity index (χ0v) is 12.2. The molecule has 0 aliphatic carbocycles. The number of hydrogen-bond donors (Lipinski definition) is 2. The fourth-order valence-corrected chi connectivity index (χ4v) is 2.05. The summed E-state index contributed by atoms with van der Waals surface area (Å²) in [6, 6.07) is 4.28. The molecule has 0 amide bonds. The molecule has 1 aromatic heterocycles. The van der Waals surface area contributed by atoms with E-state index in [0.717, 1.165) is 5.57 Å². The molecule has 0 fully saturated rings. The molecular formula is C17H16N2O3. The number of fused-ring (bicyclic) bond motifs is 1. The lowest BCUT2D eigenvalue weighted by molar-refractivity contribution is 0.0697. The van der Waals surface area contributed by atoms with Crippen LogP contribution in [0.15, 0.2) is 59.4 Å². The molecule has 1 aromatic carbocycles. The highest BCUT2D eigenvalue weighted by atomic mass is 16.4. The Bertz CT molecular complexity index is 845. The highest BCUT2D eigenvalue weighted by molar-refractivity contribution is 5.92. The number of nitrogens with one attached hydrogen (secondary N) is 1. The van der Waals surface area contributed by atoms with Gasteiger partial charge in [0, 0.05) is 6.42 Å². The molecule has 0 saturated heterocycles. The van der Waals surface area contributed by atoms with Crippen molar-refractivity contribution >= 4 is 16.9 Å². The number of rotatable bonds is 5. The van der Waals surface area contributed by atoms with Crippen molar-refractivity contribution in [2.75, 3.05) is 0 Å². The minimum Gasteiger partial charge on any atom is -0.478 e. The molecule has 5 nitrogen and oxygen atoms in total. The largest absolute Gasteiger partial charge is 0.478 e. The van der Waals surface area contributed by atoms with Gasteiger partial charge in [-0.2, -0.15) is 0 Å². The lowest BCUT2D eigenvalue weighted by Crippen LogP contribution is -2.13. The van der Waals surface area contributed by atoms with Gasteiger partial charge in [-0.05, 0) is 30.7 Å². The number of allylic oxidation sites excluding steroid dienone is 5. The van der Waals surface area contributed by atoms with Crippen molar-refractivity contribution in [3.63, 3.8) is 0 Å². The van der Waals surface area contributed by atoms with Crippen molar-refractivity contribution in [2.45, 2.75) is 13.3 Å². The van der Waals surface area contributed by atoms with E-state index in [1.807, 2.05) is 19.1 Å². The van der Waals surface area contributed by atoms with Gasteiger partial charge in [-0.25, -0.2) is 9.78 Å². The Morgan fingerprint density at radius 1 is 1.45 bits per heavy atom. The van der Waals surface area contributed by atoms with Crippen LogP contribution in [-0.2, 0) is 6.42 Å². The number of aromatic amines is 1. The summed E-state index contributed by atoms with van der Waals surface area (Å²) in [6.07, 6.45) is 7.71. The normalized spacial score (nSPS) is 12.0. The predicted molar refractivity (Wildman–Crippen MR) is 86.1 cm³/mol. The molecule has 0 unspecified atom stereocenters. The van der Waals surface area contributed by atoms with Gasteiger partial charge in [0.2, 0.25) is 0 Å². The zero-order chi connectivity index (χ0) is 16.1. The van der Waals surface area contributed by atoms with Gasteiger partial charge >= 0.3 is 5.97 Å². The van der Waals surface area contributed by atoms with Gasteiger partial charge < -0.3 is 10.1 Å². The molecule has 0 saturated carbocycles. The Labute approximate surface area is 127 Å². The Balaban J connectivity index is 2.47. The van der Waals surface area contributed by atoms with Crippen LogP contribution in [0, 0.1) is 0 Å². The fraction of sp³-hybridized carbons (Fsp3) is 0.118. The molecule has 5 heteroatoms. The monoisotopic (exact) mass is 296 g/mol. The number of aromatic carboxylic acids is 1. The maximum atomic E-state index is 12.1. The summed E-state index contributed by atoms with van der Waals surface area (Å²) >= 11 is 0. The van der Waals surface area contributed by atoms with E-state index < -0.39 is 5.97 Å². The molecule has 112 valence electrons. The molecule has 0 aliphatic rings. The second kappa shape index (κ2) is 6.67. The minimum atomic E-state index is -1.05. The molecule has 0 bridgehead atoms. The van der Waals surface area contributed by atoms with Crippen LogP contribution in [0.1, 0.15) is 23.1 Å². The third-order valence-electron chi connectivity index (χ3n) is 3.19. The third kappa shape index (κ3) is 3.38. The van der Waals surface area contributed by atoms with E-state index in [2.05, 4.69) is 16.5 Å². The summed E-state index contributed by atoms with van der Waals surface area (Å²) in [5.74, 6) is -0.560. The number of carbonyl (C=O) groups is 1. The van der Waals surface area contributed by atoms with Crippen LogP contribution in [0.4, 0.5) is 0 Å². The number of carboxylic acids is 1. The number of hydrogen-bond acceptors (Lipinski definition) is 3. The number of carboxylic acid groups (broad SMARTS) is 1. The van der Waals surface area contributed by atoms with Crippen molar-refractivity contribution in [1.29, 1.82) is 0 Å². The second-order valence-electron chi connectivity index (χ2n) is 4.68. The molecule has 2 rings (SSSR count).